The number of hydrogen-bond acceptors (Lipinski definition) is 14. The maximum absolute atomic E-state index is 11.9. The van der Waals surface area contributed by atoms with E-state index in [4.69, 9.17) is 18.9 Å². The number of amides is 1. The van der Waals surface area contributed by atoms with Gasteiger partial charge in [0.15, 0.2) is 12.6 Å². The highest BCUT2D eigenvalue weighted by Crippen LogP contribution is 2.32. The summed E-state index contributed by atoms with van der Waals surface area (Å²) in [6, 6.07) is -0.971. The molecule has 0 aromatic rings. The molecule has 0 aliphatic carbocycles. The fourth-order valence-corrected chi connectivity index (χ4v) is 4.66. The molecule has 10 N–H and O–H groups in total. The minimum absolute atomic E-state index is 0.220. The fraction of sp³-hybridized carbons (Fsp3) is 0.958. The van der Waals surface area contributed by atoms with Crippen LogP contribution in [0, 0.1) is 5.41 Å². The molecule has 2 rings (SSSR count). The number of carbonyl (C=O) groups excluding carboxylic acids is 1. The highest BCUT2D eigenvalue weighted by atomic mass is 16.8. The van der Waals surface area contributed by atoms with Gasteiger partial charge >= 0.3 is 0 Å². The molecule has 15 nitrogen and oxygen atoms in total. The van der Waals surface area contributed by atoms with Gasteiger partial charge in [0.2, 0.25) is 5.91 Å². The van der Waals surface area contributed by atoms with Gasteiger partial charge in [-0.25, -0.2) is 0 Å². The molecule has 230 valence electrons. The molecule has 0 unspecified atom stereocenters. The SMILES string of the molecule is CC(=O)N[C@@H](CC(C)(C)C)[C@@H](O)[C@H](O[C@@H]1O[C@H](CO)[C@H](O)[C@H](O)[C@H]1O[C@@H]1O[C@@H](C)[C@@H](O)[C@@H](O)[C@@H]1O)[C@H](O)CO. The second kappa shape index (κ2) is 14.2. The standard InChI is InChI=1S/C24H45NO14/c1-9-14(30)17(33)19(35)22(36-9)39-21-18(34)16(32)13(8-27)37-23(21)38-20(12(29)7-26)15(31)11(25-10(2)28)6-24(3,4)5/h9,11-23,26-27,29-35H,6-8H2,1-5H3,(H,25,28)/t9-,11-,12+,13+,14+,15+,16-,17+,18-,19-,20+,21+,22-,23-/m0/s1. The molecule has 39 heavy (non-hydrogen) atoms. The third-order valence-corrected chi connectivity index (χ3v) is 6.75. The van der Waals surface area contributed by atoms with E-state index in [1.807, 2.05) is 20.8 Å². The van der Waals surface area contributed by atoms with Gasteiger partial charge in [0.05, 0.1) is 25.4 Å². The maximum Gasteiger partial charge on any atom is 0.217 e. The summed E-state index contributed by atoms with van der Waals surface area (Å²) >= 11 is 0. The van der Waals surface area contributed by atoms with Crippen LogP contribution in [0.15, 0.2) is 0 Å². The molecule has 2 heterocycles. The van der Waals surface area contributed by atoms with Gasteiger partial charge in [0.1, 0.15) is 61.0 Å². The zero-order valence-corrected chi connectivity index (χ0v) is 22.8. The van der Waals surface area contributed by atoms with E-state index in [0.717, 1.165) is 0 Å². The van der Waals surface area contributed by atoms with Crippen molar-refractivity contribution in [3.8, 4) is 0 Å². The van der Waals surface area contributed by atoms with E-state index < -0.39 is 110 Å². The van der Waals surface area contributed by atoms with E-state index in [-0.39, 0.29) is 6.42 Å². The molecule has 0 bridgehead atoms. The Labute approximate surface area is 226 Å². The fourth-order valence-electron chi connectivity index (χ4n) is 4.66. The molecule has 0 radical (unpaired) electrons. The van der Waals surface area contributed by atoms with Gasteiger partial charge in [0, 0.05) is 6.92 Å². The summed E-state index contributed by atoms with van der Waals surface area (Å²) < 4.78 is 22.4. The average Bonchev–Trinajstić information content (AvgIpc) is 2.85. The van der Waals surface area contributed by atoms with Crippen molar-refractivity contribution < 1.29 is 69.7 Å². The van der Waals surface area contributed by atoms with Gasteiger partial charge in [-0.3, -0.25) is 4.79 Å². The number of hydrogen-bond donors (Lipinski definition) is 10. The number of nitrogens with one attached hydrogen (secondary N) is 1. The first-order valence-electron chi connectivity index (χ1n) is 12.9. The monoisotopic (exact) mass is 571 g/mol. The smallest absolute Gasteiger partial charge is 0.217 e. The first-order chi connectivity index (χ1) is 18.0. The third kappa shape index (κ3) is 8.72. The molecule has 0 spiro atoms. The van der Waals surface area contributed by atoms with Gasteiger partial charge in [0.25, 0.3) is 0 Å². The van der Waals surface area contributed by atoms with Crippen molar-refractivity contribution in [1.82, 2.24) is 5.32 Å². The van der Waals surface area contributed by atoms with Crippen molar-refractivity contribution in [2.75, 3.05) is 13.2 Å². The van der Waals surface area contributed by atoms with Gasteiger partial charge in [-0.2, -0.15) is 0 Å². The van der Waals surface area contributed by atoms with Crippen LogP contribution < -0.4 is 5.32 Å². The highest BCUT2D eigenvalue weighted by molar-refractivity contribution is 5.73. The minimum Gasteiger partial charge on any atom is -0.394 e. The molecular weight excluding hydrogens is 526 g/mol. The summed E-state index contributed by atoms with van der Waals surface area (Å²) in [6.45, 7) is 6.54. The predicted octanol–water partition coefficient (Wildman–Crippen LogP) is -4.32. The second-order valence-electron chi connectivity index (χ2n) is 11.4. The van der Waals surface area contributed by atoms with Crippen molar-refractivity contribution in [3.63, 3.8) is 0 Å². The Kier molecular flexibility index (Phi) is 12.5. The van der Waals surface area contributed by atoms with Crippen LogP contribution in [0.3, 0.4) is 0 Å². The third-order valence-electron chi connectivity index (χ3n) is 6.75. The van der Waals surface area contributed by atoms with Crippen LogP contribution in [-0.2, 0) is 23.7 Å². The lowest BCUT2D eigenvalue weighted by molar-refractivity contribution is -0.374. The quantitative estimate of drug-likeness (QED) is 0.113. The van der Waals surface area contributed by atoms with Crippen LogP contribution in [-0.4, -0.2) is 151 Å². The Balaban J connectivity index is 2.39. The number of rotatable bonds is 11. The van der Waals surface area contributed by atoms with Crippen LogP contribution in [0.1, 0.15) is 41.0 Å². The molecule has 0 saturated carbocycles. The van der Waals surface area contributed by atoms with E-state index in [2.05, 4.69) is 5.32 Å². The lowest BCUT2D eigenvalue weighted by atomic mass is 9.84. The Morgan fingerprint density at radius 2 is 1.54 bits per heavy atom. The lowest BCUT2D eigenvalue weighted by Gasteiger charge is -2.47. The molecule has 0 aromatic carbocycles. The van der Waals surface area contributed by atoms with Gasteiger partial charge in [-0.1, -0.05) is 20.8 Å². The first-order valence-corrected chi connectivity index (χ1v) is 12.9. The molecular formula is C24H45NO14. The number of carbonyl (C=O) groups is 1. The summed E-state index contributed by atoms with van der Waals surface area (Å²) in [5.41, 5.74) is -0.408. The van der Waals surface area contributed by atoms with Gasteiger partial charge in [-0.15, -0.1) is 0 Å². The summed E-state index contributed by atoms with van der Waals surface area (Å²) in [5, 5.41) is 95.4. The Bertz CT molecular complexity index is 768. The molecule has 2 aliphatic rings. The van der Waals surface area contributed by atoms with E-state index in [1.54, 1.807) is 0 Å². The van der Waals surface area contributed by atoms with Crippen LogP contribution >= 0.6 is 0 Å². The molecule has 15 heteroatoms. The van der Waals surface area contributed by atoms with E-state index in [1.165, 1.54) is 13.8 Å². The molecule has 2 aliphatic heterocycles. The zero-order chi connectivity index (χ0) is 29.8. The summed E-state index contributed by atoms with van der Waals surface area (Å²) in [6.07, 6.45) is -20.8. The summed E-state index contributed by atoms with van der Waals surface area (Å²) in [4.78, 5) is 11.9. The maximum atomic E-state index is 11.9. The van der Waals surface area contributed by atoms with Crippen LogP contribution in [0.2, 0.25) is 0 Å². The largest absolute Gasteiger partial charge is 0.394 e. The zero-order valence-electron chi connectivity index (χ0n) is 22.8. The normalized spacial score (nSPS) is 39.0. The van der Waals surface area contributed by atoms with E-state index >= 15 is 0 Å². The number of ether oxygens (including phenoxy) is 4. The van der Waals surface area contributed by atoms with E-state index in [9.17, 15) is 50.8 Å². The van der Waals surface area contributed by atoms with Crippen molar-refractivity contribution in [2.45, 2.75) is 127 Å². The number of aliphatic hydroxyl groups excluding tert-OH is 9. The molecule has 2 saturated heterocycles. The van der Waals surface area contributed by atoms with Crippen LogP contribution in [0.25, 0.3) is 0 Å². The average molecular weight is 572 g/mol. The van der Waals surface area contributed by atoms with Crippen molar-refractivity contribution in [2.24, 2.45) is 5.41 Å². The highest BCUT2D eigenvalue weighted by Gasteiger charge is 2.52. The molecule has 0 aromatic heterocycles. The summed E-state index contributed by atoms with van der Waals surface area (Å²) in [7, 11) is 0. The van der Waals surface area contributed by atoms with Crippen molar-refractivity contribution >= 4 is 5.91 Å². The number of aliphatic hydroxyl groups is 9. The summed E-state index contributed by atoms with van der Waals surface area (Å²) in [5.74, 6) is -0.479. The van der Waals surface area contributed by atoms with Gasteiger partial charge < -0.3 is 70.2 Å². The van der Waals surface area contributed by atoms with Crippen LogP contribution in [0.5, 0.6) is 0 Å². The Morgan fingerprint density at radius 3 is 2.05 bits per heavy atom. The van der Waals surface area contributed by atoms with Gasteiger partial charge in [-0.05, 0) is 18.8 Å². The topological polar surface area (TPSA) is 248 Å². The Morgan fingerprint density at radius 1 is 0.923 bits per heavy atom. The molecule has 1 amide bonds. The minimum atomic E-state index is -1.83. The first kappa shape index (κ1) is 34.2. The molecule has 2 fully saturated rings. The molecule has 14 atom stereocenters. The van der Waals surface area contributed by atoms with Crippen molar-refractivity contribution in [1.29, 1.82) is 0 Å². The van der Waals surface area contributed by atoms with E-state index in [0.29, 0.717) is 0 Å². The lowest BCUT2D eigenvalue weighted by Crippen LogP contribution is -2.65. The second-order valence-corrected chi connectivity index (χ2v) is 11.4. The Hall–Kier alpha value is -1.05. The van der Waals surface area contributed by atoms with Crippen LogP contribution in [0.4, 0.5) is 0 Å². The van der Waals surface area contributed by atoms with Crippen molar-refractivity contribution in [3.05, 3.63) is 0 Å². The predicted molar refractivity (Wildman–Crippen MR) is 131 cm³/mol.